The van der Waals surface area contributed by atoms with Crippen LogP contribution in [-0.4, -0.2) is 9.97 Å². The van der Waals surface area contributed by atoms with Crippen LogP contribution in [0.2, 0.25) is 10.2 Å². The van der Waals surface area contributed by atoms with Gasteiger partial charge in [-0.25, -0.2) is 14.4 Å². The van der Waals surface area contributed by atoms with Crippen molar-refractivity contribution in [3.63, 3.8) is 0 Å². The van der Waals surface area contributed by atoms with E-state index in [9.17, 15) is 4.39 Å². The molecular formula is C15H9Cl2FN2. The van der Waals surface area contributed by atoms with Gasteiger partial charge in [0, 0.05) is 5.56 Å². The van der Waals surface area contributed by atoms with E-state index in [0.29, 0.717) is 16.2 Å². The van der Waals surface area contributed by atoms with Crippen molar-refractivity contribution in [2.75, 3.05) is 0 Å². The molecule has 0 spiro atoms. The largest absolute Gasteiger partial charge is 0.225 e. The first-order valence-electron chi connectivity index (χ1n) is 5.95. The van der Waals surface area contributed by atoms with Crippen LogP contribution in [0.4, 0.5) is 4.39 Å². The Morgan fingerprint density at radius 1 is 1.00 bits per heavy atom. The molecule has 0 unspecified atom stereocenters. The van der Waals surface area contributed by atoms with Gasteiger partial charge < -0.3 is 0 Å². The average Bonchev–Trinajstić information content (AvgIpc) is 2.43. The summed E-state index contributed by atoms with van der Waals surface area (Å²) in [6.45, 7) is 1.94. The lowest BCUT2D eigenvalue weighted by Crippen LogP contribution is -1.96. The topological polar surface area (TPSA) is 25.8 Å². The molecule has 2 nitrogen and oxygen atoms in total. The Kier molecular flexibility index (Phi) is 3.32. The smallest absolute Gasteiger partial charge is 0.161 e. The summed E-state index contributed by atoms with van der Waals surface area (Å²) < 4.78 is 13.9. The Bertz CT molecular complexity index is 818. The fourth-order valence-corrected chi connectivity index (χ4v) is 2.63. The first-order chi connectivity index (χ1) is 9.58. The average molecular weight is 307 g/mol. The molecular weight excluding hydrogens is 298 g/mol. The molecule has 0 bridgehead atoms. The number of hydrogen-bond donors (Lipinski definition) is 0. The monoisotopic (exact) mass is 306 g/mol. The van der Waals surface area contributed by atoms with Gasteiger partial charge in [0.05, 0.1) is 10.4 Å². The van der Waals surface area contributed by atoms with Crippen molar-refractivity contribution in [3.8, 4) is 11.4 Å². The molecule has 0 fully saturated rings. The fourth-order valence-electron chi connectivity index (χ4n) is 2.07. The molecule has 20 heavy (non-hydrogen) atoms. The van der Waals surface area contributed by atoms with Crippen molar-refractivity contribution in [1.29, 1.82) is 0 Å². The molecule has 3 aromatic rings. The molecule has 3 rings (SSSR count). The van der Waals surface area contributed by atoms with E-state index in [2.05, 4.69) is 9.97 Å². The van der Waals surface area contributed by atoms with Crippen LogP contribution in [0.3, 0.4) is 0 Å². The predicted molar refractivity (Wildman–Crippen MR) is 79.7 cm³/mol. The first-order valence-corrected chi connectivity index (χ1v) is 6.71. The molecule has 100 valence electrons. The molecule has 0 saturated carbocycles. The molecule has 1 heterocycles. The minimum Gasteiger partial charge on any atom is -0.225 e. The summed E-state index contributed by atoms with van der Waals surface area (Å²) >= 11 is 12.2. The molecule has 0 amide bonds. The van der Waals surface area contributed by atoms with E-state index in [1.807, 2.05) is 31.2 Å². The zero-order chi connectivity index (χ0) is 14.3. The van der Waals surface area contributed by atoms with Gasteiger partial charge >= 0.3 is 0 Å². The molecule has 0 aliphatic carbocycles. The maximum Gasteiger partial charge on any atom is 0.161 e. The zero-order valence-corrected chi connectivity index (χ0v) is 12.0. The third kappa shape index (κ3) is 2.13. The maximum atomic E-state index is 13.9. The highest BCUT2D eigenvalue weighted by Gasteiger charge is 2.14. The molecule has 0 atom stereocenters. The normalized spacial score (nSPS) is 11.0. The minimum absolute atomic E-state index is 0.135. The molecule has 0 N–H and O–H groups in total. The summed E-state index contributed by atoms with van der Waals surface area (Å²) in [4.78, 5) is 8.51. The first kappa shape index (κ1) is 13.3. The second-order valence-corrected chi connectivity index (χ2v) is 5.17. The van der Waals surface area contributed by atoms with Crippen molar-refractivity contribution in [2.24, 2.45) is 0 Å². The van der Waals surface area contributed by atoms with Crippen LogP contribution in [-0.2, 0) is 0 Å². The Hall–Kier alpha value is -1.71. The lowest BCUT2D eigenvalue weighted by atomic mass is 10.1. The van der Waals surface area contributed by atoms with Gasteiger partial charge in [0.15, 0.2) is 5.82 Å². The SMILES string of the molecule is Cc1ccccc1-c1nc(Cl)c2c(Cl)ccc(F)c2n1. The van der Waals surface area contributed by atoms with E-state index in [4.69, 9.17) is 23.2 Å². The van der Waals surface area contributed by atoms with E-state index in [1.165, 1.54) is 12.1 Å². The van der Waals surface area contributed by atoms with Crippen LogP contribution in [0, 0.1) is 12.7 Å². The highest BCUT2D eigenvalue weighted by atomic mass is 35.5. The van der Waals surface area contributed by atoms with Crippen LogP contribution in [0.5, 0.6) is 0 Å². The number of fused-ring (bicyclic) bond motifs is 1. The second-order valence-electron chi connectivity index (χ2n) is 4.41. The van der Waals surface area contributed by atoms with Gasteiger partial charge in [-0.2, -0.15) is 0 Å². The number of benzene rings is 2. The van der Waals surface area contributed by atoms with Crippen molar-refractivity contribution in [1.82, 2.24) is 9.97 Å². The highest BCUT2D eigenvalue weighted by Crippen LogP contribution is 2.32. The minimum atomic E-state index is -0.469. The number of aromatic nitrogens is 2. The summed E-state index contributed by atoms with van der Waals surface area (Å²) in [7, 11) is 0. The zero-order valence-electron chi connectivity index (χ0n) is 10.5. The van der Waals surface area contributed by atoms with Crippen LogP contribution in [0.15, 0.2) is 36.4 Å². The van der Waals surface area contributed by atoms with Crippen LogP contribution >= 0.6 is 23.2 Å². The number of rotatable bonds is 1. The third-order valence-electron chi connectivity index (χ3n) is 3.09. The summed E-state index contributed by atoms with van der Waals surface area (Å²) in [6.07, 6.45) is 0. The Morgan fingerprint density at radius 2 is 1.75 bits per heavy atom. The molecule has 5 heteroatoms. The quantitative estimate of drug-likeness (QED) is 0.588. The molecule has 0 radical (unpaired) electrons. The van der Waals surface area contributed by atoms with Crippen molar-refractivity contribution >= 4 is 34.1 Å². The fraction of sp³-hybridized carbons (Fsp3) is 0.0667. The molecule has 1 aromatic heterocycles. The Morgan fingerprint density at radius 3 is 2.50 bits per heavy atom. The van der Waals surface area contributed by atoms with E-state index in [-0.39, 0.29) is 10.7 Å². The van der Waals surface area contributed by atoms with E-state index in [0.717, 1.165) is 11.1 Å². The molecule has 0 saturated heterocycles. The van der Waals surface area contributed by atoms with E-state index in [1.54, 1.807) is 0 Å². The third-order valence-corrected chi connectivity index (χ3v) is 3.68. The molecule has 0 aliphatic rings. The second kappa shape index (κ2) is 5.00. The summed E-state index contributed by atoms with van der Waals surface area (Å²) in [5.74, 6) is -0.0784. The van der Waals surface area contributed by atoms with Crippen molar-refractivity contribution < 1.29 is 4.39 Å². The van der Waals surface area contributed by atoms with Crippen molar-refractivity contribution in [3.05, 3.63) is 58.0 Å². The Labute approximate surface area is 125 Å². The number of hydrogen-bond acceptors (Lipinski definition) is 2. The molecule has 2 aromatic carbocycles. The number of nitrogens with zero attached hydrogens (tertiary/aromatic N) is 2. The van der Waals surface area contributed by atoms with Gasteiger partial charge in [0.2, 0.25) is 0 Å². The lowest BCUT2D eigenvalue weighted by Gasteiger charge is -2.08. The van der Waals surface area contributed by atoms with Crippen LogP contribution in [0.25, 0.3) is 22.3 Å². The number of halogens is 3. The summed E-state index contributed by atoms with van der Waals surface area (Å²) in [6, 6.07) is 10.3. The van der Waals surface area contributed by atoms with E-state index >= 15 is 0 Å². The lowest BCUT2D eigenvalue weighted by molar-refractivity contribution is 0.636. The number of aryl methyl sites for hydroxylation is 1. The van der Waals surface area contributed by atoms with Crippen molar-refractivity contribution in [2.45, 2.75) is 6.92 Å². The maximum absolute atomic E-state index is 13.9. The van der Waals surface area contributed by atoms with Crippen LogP contribution in [0.1, 0.15) is 5.56 Å². The van der Waals surface area contributed by atoms with Gasteiger partial charge in [0.1, 0.15) is 16.5 Å². The van der Waals surface area contributed by atoms with Gasteiger partial charge in [-0.15, -0.1) is 0 Å². The summed E-state index contributed by atoms with van der Waals surface area (Å²) in [5, 5.41) is 0.825. The van der Waals surface area contributed by atoms with Gasteiger partial charge in [0.25, 0.3) is 0 Å². The summed E-state index contributed by atoms with van der Waals surface area (Å²) in [5.41, 5.74) is 1.94. The van der Waals surface area contributed by atoms with Gasteiger partial charge in [-0.05, 0) is 24.6 Å². The van der Waals surface area contributed by atoms with Crippen LogP contribution < -0.4 is 0 Å². The van der Waals surface area contributed by atoms with E-state index < -0.39 is 5.82 Å². The molecule has 0 aliphatic heterocycles. The van der Waals surface area contributed by atoms with Gasteiger partial charge in [-0.1, -0.05) is 47.5 Å². The predicted octanol–water partition coefficient (Wildman–Crippen LogP) is 5.05. The van der Waals surface area contributed by atoms with Gasteiger partial charge in [-0.3, -0.25) is 0 Å². The Balaban J connectivity index is 2.36. The standard InChI is InChI=1S/C15H9Cl2FN2/c1-8-4-2-3-5-9(8)15-19-13-11(18)7-6-10(16)12(13)14(17)20-15/h2-7H,1H3. The highest BCUT2D eigenvalue weighted by molar-refractivity contribution is 6.41.